The van der Waals surface area contributed by atoms with Crippen molar-refractivity contribution in [3.8, 4) is 11.8 Å². The normalized spacial score (nSPS) is 10.6. The van der Waals surface area contributed by atoms with E-state index in [2.05, 4.69) is 9.47 Å². The summed E-state index contributed by atoms with van der Waals surface area (Å²) in [6.45, 7) is 1.02. The maximum Gasteiger partial charge on any atom is 0.502 e. The first-order chi connectivity index (χ1) is 9.72. The van der Waals surface area contributed by atoms with Crippen LogP contribution in [0.5, 0.6) is 5.75 Å². The third-order valence-electron chi connectivity index (χ3n) is 2.09. The zero-order valence-corrected chi connectivity index (χ0v) is 12.6. The van der Waals surface area contributed by atoms with Crippen LogP contribution in [0.2, 0.25) is 0 Å². The number of benzene rings is 1. The smallest absolute Gasteiger partial charge is 0.459 e. The Balaban J connectivity index is 3.28. The van der Waals surface area contributed by atoms with Crippen LogP contribution in [0, 0.1) is 25.0 Å². The van der Waals surface area contributed by atoms with E-state index in [4.69, 9.17) is 5.26 Å². The Labute approximate surface area is 130 Å². The number of nitriles is 1. The van der Waals surface area contributed by atoms with Crippen molar-refractivity contribution < 1.29 is 28.0 Å². The lowest BCUT2D eigenvalue weighted by Crippen LogP contribution is -2.37. The Kier molecular flexibility index (Phi) is 5.36. The molecule has 0 aliphatic rings. The highest BCUT2D eigenvalue weighted by molar-refractivity contribution is 14.1. The molecular weight excluding hydrogens is 405 g/mol. The number of ether oxygens (including phenoxy) is 2. The van der Waals surface area contributed by atoms with Crippen molar-refractivity contribution in [3.63, 3.8) is 0 Å². The minimum Gasteiger partial charge on any atom is -0.459 e. The number of nitrogens with zero attached hydrogens (tertiary/aromatic N) is 2. The van der Waals surface area contributed by atoms with Crippen molar-refractivity contribution in [3.05, 3.63) is 31.4 Å². The van der Waals surface area contributed by atoms with Gasteiger partial charge in [0.25, 0.3) is 0 Å². The van der Waals surface area contributed by atoms with Crippen LogP contribution < -0.4 is 4.74 Å². The van der Waals surface area contributed by atoms with Crippen LogP contribution in [0.1, 0.15) is 12.5 Å². The SMILES string of the molecule is CCOC(=O)C(F)(F)Oc1c(I)cc(C#N)cc1[N+](=O)[O-]. The lowest BCUT2D eigenvalue weighted by atomic mass is 10.2. The first kappa shape index (κ1) is 17.0. The molecule has 0 saturated heterocycles. The zero-order valence-electron chi connectivity index (χ0n) is 10.4. The number of nitro benzene ring substituents is 1. The van der Waals surface area contributed by atoms with Gasteiger partial charge in [-0.05, 0) is 35.6 Å². The van der Waals surface area contributed by atoms with Crippen molar-refractivity contribution in [2.75, 3.05) is 6.61 Å². The lowest BCUT2D eigenvalue weighted by molar-refractivity contribution is -0.387. The molecule has 1 aromatic rings. The average Bonchev–Trinajstić information content (AvgIpc) is 2.40. The second-order valence-electron chi connectivity index (χ2n) is 3.51. The van der Waals surface area contributed by atoms with Gasteiger partial charge in [0.05, 0.1) is 26.7 Å². The third kappa shape index (κ3) is 3.97. The molecular formula is C11H7F2IN2O5. The predicted octanol–water partition coefficient (Wildman–Crippen LogP) is 2.61. The van der Waals surface area contributed by atoms with E-state index in [1.807, 2.05) is 0 Å². The quantitative estimate of drug-likeness (QED) is 0.319. The van der Waals surface area contributed by atoms with Crippen LogP contribution in [0.4, 0.5) is 14.5 Å². The number of esters is 1. The zero-order chi connectivity index (χ0) is 16.2. The standard InChI is InChI=1S/C11H7F2IN2O5/c1-2-20-10(17)11(12,13)21-9-7(14)3-6(5-15)4-8(9)16(18)19/h3-4H,2H2,1H3. The largest absolute Gasteiger partial charge is 0.502 e. The van der Waals surface area contributed by atoms with E-state index in [0.29, 0.717) is 0 Å². The number of carbonyl (C=O) groups is 1. The summed E-state index contributed by atoms with van der Waals surface area (Å²) < 4.78 is 35.2. The fraction of sp³-hybridized carbons (Fsp3) is 0.273. The average molecular weight is 412 g/mol. The minimum absolute atomic E-state index is 0.0992. The summed E-state index contributed by atoms with van der Waals surface area (Å²) in [4.78, 5) is 21.0. The van der Waals surface area contributed by atoms with Crippen LogP contribution in [0.3, 0.4) is 0 Å². The van der Waals surface area contributed by atoms with Crippen LogP contribution in [-0.4, -0.2) is 23.6 Å². The number of hydrogen-bond acceptors (Lipinski definition) is 6. The van der Waals surface area contributed by atoms with E-state index in [1.165, 1.54) is 29.5 Å². The van der Waals surface area contributed by atoms with E-state index in [9.17, 15) is 23.7 Å². The molecule has 1 rings (SSSR count). The van der Waals surface area contributed by atoms with Gasteiger partial charge in [-0.3, -0.25) is 10.1 Å². The summed E-state index contributed by atoms with van der Waals surface area (Å²) in [5, 5.41) is 19.6. The fourth-order valence-electron chi connectivity index (χ4n) is 1.27. The van der Waals surface area contributed by atoms with Crippen molar-refractivity contribution in [1.82, 2.24) is 0 Å². The van der Waals surface area contributed by atoms with Crippen molar-refractivity contribution >= 4 is 34.2 Å². The molecule has 0 aromatic heterocycles. The Morgan fingerprint density at radius 2 is 2.19 bits per heavy atom. The Morgan fingerprint density at radius 3 is 2.67 bits per heavy atom. The highest BCUT2D eigenvalue weighted by atomic mass is 127. The molecule has 21 heavy (non-hydrogen) atoms. The van der Waals surface area contributed by atoms with E-state index < -0.39 is 28.4 Å². The number of carbonyl (C=O) groups excluding carboxylic acids is 1. The topological polar surface area (TPSA) is 102 Å². The van der Waals surface area contributed by atoms with E-state index in [0.717, 1.165) is 12.1 Å². The predicted molar refractivity (Wildman–Crippen MR) is 72.7 cm³/mol. The molecule has 0 aliphatic carbocycles. The maximum absolute atomic E-state index is 13.5. The molecule has 0 saturated carbocycles. The summed E-state index contributed by atoms with van der Waals surface area (Å²) in [6, 6.07) is 3.54. The van der Waals surface area contributed by atoms with Gasteiger partial charge in [0.2, 0.25) is 5.75 Å². The summed E-state index contributed by atoms with van der Waals surface area (Å²) in [5.74, 6) is -2.77. The van der Waals surface area contributed by atoms with Crippen LogP contribution in [0.25, 0.3) is 0 Å². The number of rotatable bonds is 5. The number of hydrogen-bond donors (Lipinski definition) is 0. The second-order valence-corrected chi connectivity index (χ2v) is 4.68. The molecule has 112 valence electrons. The van der Waals surface area contributed by atoms with Gasteiger partial charge in [0.1, 0.15) is 0 Å². The van der Waals surface area contributed by atoms with Gasteiger partial charge in [-0.15, -0.1) is 0 Å². The molecule has 0 N–H and O–H groups in total. The summed E-state index contributed by atoms with van der Waals surface area (Å²) in [5.41, 5.74) is -0.944. The van der Waals surface area contributed by atoms with E-state index in [-0.39, 0.29) is 15.7 Å². The first-order valence-corrected chi connectivity index (χ1v) is 6.43. The molecule has 0 spiro atoms. The highest BCUT2D eigenvalue weighted by Gasteiger charge is 2.46. The highest BCUT2D eigenvalue weighted by Crippen LogP contribution is 2.37. The number of nitro groups is 1. The molecule has 7 nitrogen and oxygen atoms in total. The monoisotopic (exact) mass is 412 g/mol. The van der Waals surface area contributed by atoms with Gasteiger partial charge in [0.15, 0.2) is 0 Å². The fourth-order valence-corrected chi connectivity index (χ4v) is 1.99. The Morgan fingerprint density at radius 1 is 1.57 bits per heavy atom. The van der Waals surface area contributed by atoms with Gasteiger partial charge in [0, 0.05) is 6.07 Å². The lowest BCUT2D eigenvalue weighted by Gasteiger charge is -2.16. The van der Waals surface area contributed by atoms with Crippen molar-refractivity contribution in [2.45, 2.75) is 13.0 Å². The van der Waals surface area contributed by atoms with Crippen LogP contribution in [-0.2, 0) is 9.53 Å². The molecule has 1 aromatic carbocycles. The first-order valence-electron chi connectivity index (χ1n) is 5.35. The second kappa shape index (κ2) is 6.61. The molecule has 10 heteroatoms. The summed E-state index contributed by atoms with van der Waals surface area (Å²) in [7, 11) is 0. The van der Waals surface area contributed by atoms with Crippen molar-refractivity contribution in [2.24, 2.45) is 0 Å². The molecule has 0 atom stereocenters. The molecule has 0 amide bonds. The van der Waals surface area contributed by atoms with Crippen molar-refractivity contribution in [1.29, 1.82) is 5.26 Å². The molecule has 0 bridgehead atoms. The molecule has 0 unspecified atom stereocenters. The van der Waals surface area contributed by atoms with Gasteiger partial charge >= 0.3 is 17.8 Å². The van der Waals surface area contributed by atoms with Gasteiger partial charge in [-0.25, -0.2) is 4.79 Å². The number of alkyl halides is 2. The summed E-state index contributed by atoms with van der Waals surface area (Å²) in [6.07, 6.45) is -4.38. The maximum atomic E-state index is 13.5. The molecule has 0 heterocycles. The van der Waals surface area contributed by atoms with Gasteiger partial charge in [-0.1, -0.05) is 0 Å². The minimum atomic E-state index is -4.38. The molecule has 0 fully saturated rings. The van der Waals surface area contributed by atoms with Crippen LogP contribution >= 0.6 is 22.6 Å². The Hall–Kier alpha value is -2.03. The Bertz CT molecular complexity index is 630. The molecule has 0 aliphatic heterocycles. The van der Waals surface area contributed by atoms with Gasteiger partial charge < -0.3 is 9.47 Å². The molecule has 0 radical (unpaired) electrons. The van der Waals surface area contributed by atoms with E-state index >= 15 is 0 Å². The third-order valence-corrected chi connectivity index (χ3v) is 2.89. The number of halogens is 3. The summed E-state index contributed by atoms with van der Waals surface area (Å²) >= 11 is 1.49. The van der Waals surface area contributed by atoms with E-state index in [1.54, 1.807) is 6.07 Å². The van der Waals surface area contributed by atoms with Gasteiger partial charge in [-0.2, -0.15) is 14.0 Å². The van der Waals surface area contributed by atoms with Crippen LogP contribution in [0.15, 0.2) is 12.1 Å².